The molecule has 0 saturated heterocycles. The molecule has 102 valence electrons. The molecule has 1 aliphatic rings. The van der Waals surface area contributed by atoms with Crippen LogP contribution in [0, 0.1) is 5.41 Å². The third kappa shape index (κ3) is 3.36. The fourth-order valence-corrected chi connectivity index (χ4v) is 2.97. The number of aliphatic hydroxyl groups excluding tert-OH is 1. The number of rotatable bonds is 5. The lowest BCUT2D eigenvalue weighted by atomic mass is 9.85. The van der Waals surface area contributed by atoms with Gasteiger partial charge in [-0.25, -0.2) is 0 Å². The second-order valence-corrected chi connectivity index (χ2v) is 6.34. The Hall–Kier alpha value is -0.800. The minimum absolute atomic E-state index is 0.121. The normalized spacial score (nSPS) is 21.7. The zero-order valence-electron chi connectivity index (χ0n) is 11.7. The van der Waals surface area contributed by atoms with E-state index in [1.165, 1.54) is 18.4 Å². The van der Waals surface area contributed by atoms with Gasteiger partial charge in [-0.2, -0.15) is 0 Å². The molecule has 0 radical (unpaired) electrons. The molecule has 18 heavy (non-hydrogen) atoms. The van der Waals surface area contributed by atoms with Crippen LogP contribution in [-0.4, -0.2) is 17.8 Å². The van der Waals surface area contributed by atoms with Gasteiger partial charge < -0.3 is 14.8 Å². The van der Waals surface area contributed by atoms with E-state index in [4.69, 9.17) is 4.42 Å². The van der Waals surface area contributed by atoms with Gasteiger partial charge in [-0.3, -0.25) is 0 Å². The summed E-state index contributed by atoms with van der Waals surface area (Å²) in [6, 6.07) is 2.51. The van der Waals surface area contributed by atoms with Crippen LogP contribution in [0.4, 0.5) is 0 Å². The smallest absolute Gasteiger partial charge is 0.108 e. The topological polar surface area (TPSA) is 45.4 Å². The highest BCUT2D eigenvalue weighted by Crippen LogP contribution is 2.31. The number of aliphatic hydroxyl groups is 1. The van der Waals surface area contributed by atoms with Gasteiger partial charge in [-0.15, -0.1) is 0 Å². The highest BCUT2D eigenvalue weighted by Gasteiger charge is 2.26. The second-order valence-electron chi connectivity index (χ2n) is 6.34. The van der Waals surface area contributed by atoms with Crippen molar-refractivity contribution >= 4 is 0 Å². The van der Waals surface area contributed by atoms with Gasteiger partial charge in [0.2, 0.25) is 0 Å². The predicted octanol–water partition coefficient (Wildman–Crippen LogP) is 3.04. The van der Waals surface area contributed by atoms with Crippen molar-refractivity contribution < 1.29 is 9.52 Å². The monoisotopic (exact) mass is 251 g/mol. The van der Waals surface area contributed by atoms with Gasteiger partial charge in [0.15, 0.2) is 0 Å². The molecule has 1 heterocycles. The van der Waals surface area contributed by atoms with Crippen LogP contribution in [0.3, 0.4) is 0 Å². The largest absolute Gasteiger partial charge is 0.469 e. The van der Waals surface area contributed by atoms with Crippen LogP contribution < -0.4 is 5.32 Å². The molecule has 1 aromatic heterocycles. The highest BCUT2D eigenvalue weighted by atomic mass is 16.3. The van der Waals surface area contributed by atoms with Gasteiger partial charge in [0.05, 0.1) is 12.4 Å². The number of nitrogens with one attached hydrogen (secondary N) is 1. The molecule has 0 spiro atoms. The molecule has 0 amide bonds. The van der Waals surface area contributed by atoms with Crippen LogP contribution >= 0.6 is 0 Å². The molecule has 1 aromatic rings. The SMILES string of the molecule is C[C@H](O)CC(C)(C)CN[C@@H]1CCCc2occc21. The van der Waals surface area contributed by atoms with Gasteiger partial charge in [-0.1, -0.05) is 13.8 Å². The molecule has 1 aliphatic carbocycles. The van der Waals surface area contributed by atoms with Gasteiger partial charge in [0.25, 0.3) is 0 Å². The zero-order chi connectivity index (χ0) is 13.2. The third-order valence-corrected chi connectivity index (χ3v) is 3.73. The van der Waals surface area contributed by atoms with Crippen LogP contribution in [0.5, 0.6) is 0 Å². The van der Waals surface area contributed by atoms with Gasteiger partial charge in [0.1, 0.15) is 5.76 Å². The molecular formula is C15H25NO2. The van der Waals surface area contributed by atoms with Crippen LogP contribution in [-0.2, 0) is 6.42 Å². The van der Waals surface area contributed by atoms with E-state index in [1.54, 1.807) is 6.26 Å². The Kier molecular flexibility index (Phi) is 4.13. The zero-order valence-corrected chi connectivity index (χ0v) is 11.7. The van der Waals surface area contributed by atoms with Gasteiger partial charge >= 0.3 is 0 Å². The summed E-state index contributed by atoms with van der Waals surface area (Å²) in [7, 11) is 0. The fraction of sp³-hybridized carbons (Fsp3) is 0.733. The summed E-state index contributed by atoms with van der Waals surface area (Å²) in [5.74, 6) is 1.15. The molecule has 3 heteroatoms. The standard InChI is InChI=1S/C15H25NO2/c1-11(17)9-15(2,3)10-16-13-5-4-6-14-12(13)7-8-18-14/h7-8,11,13,16-17H,4-6,9-10H2,1-3H3/t11-,13+/m0/s1. The predicted molar refractivity (Wildman–Crippen MR) is 72.5 cm³/mol. The van der Waals surface area contributed by atoms with Crippen molar-refractivity contribution in [2.45, 2.75) is 58.6 Å². The summed E-state index contributed by atoms with van der Waals surface area (Å²) in [6.45, 7) is 7.18. The Balaban J connectivity index is 1.92. The number of aryl methyl sites for hydroxylation is 1. The van der Waals surface area contributed by atoms with E-state index in [1.807, 2.05) is 6.92 Å². The molecule has 2 N–H and O–H groups in total. The molecule has 0 saturated carbocycles. The maximum Gasteiger partial charge on any atom is 0.108 e. The summed E-state index contributed by atoms with van der Waals surface area (Å²) in [4.78, 5) is 0. The molecule has 2 atom stereocenters. The maximum absolute atomic E-state index is 9.51. The summed E-state index contributed by atoms with van der Waals surface area (Å²) >= 11 is 0. The summed E-state index contributed by atoms with van der Waals surface area (Å²) in [5, 5.41) is 13.1. The Bertz CT molecular complexity index is 382. The first-order chi connectivity index (χ1) is 8.48. The average Bonchev–Trinajstić information content (AvgIpc) is 2.72. The summed E-state index contributed by atoms with van der Waals surface area (Å²) < 4.78 is 5.50. The quantitative estimate of drug-likeness (QED) is 0.845. The highest BCUT2D eigenvalue weighted by molar-refractivity contribution is 5.24. The third-order valence-electron chi connectivity index (χ3n) is 3.73. The van der Waals surface area contributed by atoms with Crippen molar-refractivity contribution in [3.05, 3.63) is 23.7 Å². The van der Waals surface area contributed by atoms with Crippen molar-refractivity contribution in [2.75, 3.05) is 6.54 Å². The molecule has 3 nitrogen and oxygen atoms in total. The van der Waals surface area contributed by atoms with E-state index < -0.39 is 0 Å². The summed E-state index contributed by atoms with van der Waals surface area (Å²) in [5.41, 5.74) is 1.45. The van der Waals surface area contributed by atoms with Crippen LogP contribution in [0.25, 0.3) is 0 Å². The summed E-state index contributed by atoms with van der Waals surface area (Å²) in [6.07, 6.45) is 5.82. The number of hydrogen-bond donors (Lipinski definition) is 2. The van der Waals surface area contributed by atoms with Crippen LogP contribution in [0.1, 0.15) is 57.4 Å². The van der Waals surface area contributed by atoms with Crippen molar-refractivity contribution in [3.8, 4) is 0 Å². The lowest BCUT2D eigenvalue weighted by molar-refractivity contribution is 0.125. The first-order valence-electron chi connectivity index (χ1n) is 6.96. The Morgan fingerprint density at radius 3 is 3.06 bits per heavy atom. The Morgan fingerprint density at radius 2 is 2.33 bits per heavy atom. The average molecular weight is 251 g/mol. The van der Waals surface area contributed by atoms with E-state index in [9.17, 15) is 5.11 Å². The molecule has 0 fully saturated rings. The van der Waals surface area contributed by atoms with E-state index in [-0.39, 0.29) is 11.5 Å². The first-order valence-corrected chi connectivity index (χ1v) is 6.96. The van der Waals surface area contributed by atoms with E-state index in [2.05, 4.69) is 25.2 Å². The van der Waals surface area contributed by atoms with Crippen molar-refractivity contribution in [3.63, 3.8) is 0 Å². The Labute approximate surface area is 110 Å². The molecular weight excluding hydrogens is 226 g/mol. The molecule has 0 aliphatic heterocycles. The number of furan rings is 1. The number of hydrogen-bond acceptors (Lipinski definition) is 3. The Morgan fingerprint density at radius 1 is 1.56 bits per heavy atom. The first kappa shape index (κ1) is 13.6. The molecule has 0 bridgehead atoms. The molecule has 2 rings (SSSR count). The minimum atomic E-state index is -0.238. The van der Waals surface area contributed by atoms with E-state index in [0.717, 1.165) is 25.1 Å². The lowest BCUT2D eigenvalue weighted by Crippen LogP contribution is -2.35. The van der Waals surface area contributed by atoms with Crippen molar-refractivity contribution in [1.82, 2.24) is 5.32 Å². The van der Waals surface area contributed by atoms with Gasteiger partial charge in [0, 0.05) is 24.6 Å². The minimum Gasteiger partial charge on any atom is -0.469 e. The van der Waals surface area contributed by atoms with Crippen LogP contribution in [0.2, 0.25) is 0 Å². The van der Waals surface area contributed by atoms with Crippen LogP contribution in [0.15, 0.2) is 16.7 Å². The van der Waals surface area contributed by atoms with E-state index >= 15 is 0 Å². The van der Waals surface area contributed by atoms with Gasteiger partial charge in [-0.05, 0) is 37.7 Å². The molecule has 0 unspecified atom stereocenters. The number of fused-ring (bicyclic) bond motifs is 1. The van der Waals surface area contributed by atoms with Crippen molar-refractivity contribution in [2.24, 2.45) is 5.41 Å². The maximum atomic E-state index is 9.51. The second kappa shape index (κ2) is 5.45. The lowest BCUT2D eigenvalue weighted by Gasteiger charge is -2.30. The molecule has 0 aromatic carbocycles. The fourth-order valence-electron chi connectivity index (χ4n) is 2.97. The van der Waals surface area contributed by atoms with E-state index in [0.29, 0.717) is 6.04 Å². The van der Waals surface area contributed by atoms with Crippen molar-refractivity contribution in [1.29, 1.82) is 0 Å².